The number of pyridine rings is 1. The van der Waals surface area contributed by atoms with Gasteiger partial charge < -0.3 is 15.5 Å². The van der Waals surface area contributed by atoms with Crippen molar-refractivity contribution in [3.05, 3.63) is 41.3 Å². The normalized spacial score (nSPS) is 18.1. The summed E-state index contributed by atoms with van der Waals surface area (Å²) >= 11 is 0. The maximum absolute atomic E-state index is 12.8. The van der Waals surface area contributed by atoms with E-state index in [0.717, 1.165) is 37.9 Å². The van der Waals surface area contributed by atoms with Crippen molar-refractivity contribution in [2.75, 3.05) is 13.1 Å². The van der Waals surface area contributed by atoms with Crippen LogP contribution in [0.5, 0.6) is 0 Å². The molecule has 0 atom stereocenters. The van der Waals surface area contributed by atoms with Crippen LogP contribution in [0.15, 0.2) is 24.5 Å². The third-order valence-electron chi connectivity index (χ3n) is 6.60. The predicted octanol–water partition coefficient (Wildman–Crippen LogP) is 3.83. The van der Waals surface area contributed by atoms with Crippen LogP contribution >= 0.6 is 0 Å². The third-order valence-corrected chi connectivity index (χ3v) is 6.60. The first-order valence-corrected chi connectivity index (χ1v) is 11.7. The number of nitrogens with zero attached hydrogens (tertiary/aromatic N) is 4. The second kappa shape index (κ2) is 10.0. The molecule has 0 bridgehead atoms. The molecule has 3 heterocycles. The smallest absolute Gasteiger partial charge is 0.349 e. The van der Waals surface area contributed by atoms with Crippen LogP contribution in [0.1, 0.15) is 66.6 Å². The Kier molecular flexibility index (Phi) is 7.08. The number of carbonyl (C=O) groups is 2. The second-order valence-electron chi connectivity index (χ2n) is 8.98. The molecule has 0 aromatic carbocycles. The predicted molar refractivity (Wildman–Crippen MR) is 119 cm³/mol. The molecule has 1 aliphatic carbocycles. The van der Waals surface area contributed by atoms with Crippen molar-refractivity contribution in [2.45, 2.75) is 70.1 Å². The van der Waals surface area contributed by atoms with Gasteiger partial charge in [0, 0.05) is 31.4 Å². The van der Waals surface area contributed by atoms with Crippen LogP contribution in [0.25, 0.3) is 5.82 Å². The molecular weight excluding hydrogens is 449 g/mol. The molecule has 1 aliphatic heterocycles. The van der Waals surface area contributed by atoms with Gasteiger partial charge in [-0.2, -0.15) is 18.3 Å². The van der Waals surface area contributed by atoms with Crippen molar-refractivity contribution < 1.29 is 22.8 Å². The first kappa shape index (κ1) is 24.0. The quantitative estimate of drug-likeness (QED) is 0.699. The van der Waals surface area contributed by atoms with E-state index >= 15 is 0 Å². The molecule has 1 saturated heterocycles. The molecule has 1 saturated carbocycles. The zero-order valence-electron chi connectivity index (χ0n) is 19.1. The molecule has 2 aromatic heterocycles. The summed E-state index contributed by atoms with van der Waals surface area (Å²) in [6.07, 6.45) is 4.58. The minimum atomic E-state index is -4.47. The van der Waals surface area contributed by atoms with Crippen LogP contribution in [-0.4, -0.2) is 56.8 Å². The summed E-state index contributed by atoms with van der Waals surface area (Å²) in [4.78, 5) is 31.0. The van der Waals surface area contributed by atoms with Gasteiger partial charge in [-0.05, 0) is 44.7 Å². The number of aromatic nitrogens is 3. The van der Waals surface area contributed by atoms with Gasteiger partial charge in [-0.1, -0.05) is 19.3 Å². The Morgan fingerprint density at radius 2 is 1.65 bits per heavy atom. The number of amides is 3. The van der Waals surface area contributed by atoms with E-state index in [1.807, 2.05) is 0 Å². The van der Waals surface area contributed by atoms with E-state index in [9.17, 15) is 22.8 Å². The van der Waals surface area contributed by atoms with Crippen LogP contribution in [0, 0.1) is 6.92 Å². The molecule has 8 nitrogen and oxygen atoms in total. The van der Waals surface area contributed by atoms with E-state index in [0.29, 0.717) is 37.2 Å². The lowest BCUT2D eigenvalue weighted by Gasteiger charge is -2.34. The molecular formula is C23H29F3N6O2. The van der Waals surface area contributed by atoms with E-state index in [1.54, 1.807) is 11.8 Å². The number of piperidine rings is 1. The van der Waals surface area contributed by atoms with E-state index in [-0.39, 0.29) is 29.8 Å². The molecule has 11 heteroatoms. The Labute approximate surface area is 195 Å². The van der Waals surface area contributed by atoms with Gasteiger partial charge in [-0.25, -0.2) is 14.5 Å². The van der Waals surface area contributed by atoms with Crippen molar-refractivity contribution in [3.8, 4) is 5.82 Å². The van der Waals surface area contributed by atoms with Gasteiger partial charge in [0.15, 0.2) is 5.82 Å². The monoisotopic (exact) mass is 478 g/mol. The van der Waals surface area contributed by atoms with Gasteiger partial charge in [-0.15, -0.1) is 0 Å². The fourth-order valence-electron chi connectivity index (χ4n) is 4.55. The molecule has 4 rings (SSSR count). The molecule has 3 amide bonds. The summed E-state index contributed by atoms with van der Waals surface area (Å²) in [6.45, 7) is 2.80. The Hall–Kier alpha value is -3.11. The lowest BCUT2D eigenvalue weighted by molar-refractivity contribution is -0.137. The fraction of sp³-hybridized carbons (Fsp3) is 0.565. The molecule has 0 radical (unpaired) electrons. The zero-order valence-corrected chi connectivity index (χ0v) is 19.1. The van der Waals surface area contributed by atoms with Crippen molar-refractivity contribution in [1.29, 1.82) is 0 Å². The van der Waals surface area contributed by atoms with Crippen molar-refractivity contribution in [2.24, 2.45) is 0 Å². The molecule has 34 heavy (non-hydrogen) atoms. The highest BCUT2D eigenvalue weighted by Gasteiger charge is 2.31. The lowest BCUT2D eigenvalue weighted by atomic mass is 9.95. The van der Waals surface area contributed by atoms with Crippen molar-refractivity contribution in [1.82, 2.24) is 30.3 Å². The standard InChI is InChI=1S/C23H29F3N6O2/c1-15-19(14-28-32(15)20-8-7-16(13-27-20)23(24,25)26)21(33)29-18-9-11-31(12-10-18)22(34)30-17-5-3-2-4-6-17/h7-8,13-14,17-18H,2-6,9-12H2,1H3,(H,29,33)(H,30,34). The summed E-state index contributed by atoms with van der Waals surface area (Å²) in [5, 5.41) is 10.3. The van der Waals surface area contributed by atoms with Crippen LogP contribution in [-0.2, 0) is 6.18 Å². The summed E-state index contributed by atoms with van der Waals surface area (Å²) in [7, 11) is 0. The highest BCUT2D eigenvalue weighted by molar-refractivity contribution is 5.95. The molecule has 184 valence electrons. The number of hydrogen-bond acceptors (Lipinski definition) is 4. The maximum atomic E-state index is 12.8. The van der Waals surface area contributed by atoms with Crippen LogP contribution in [0.2, 0.25) is 0 Å². The fourth-order valence-corrected chi connectivity index (χ4v) is 4.55. The second-order valence-corrected chi connectivity index (χ2v) is 8.98. The van der Waals surface area contributed by atoms with Gasteiger partial charge in [0.05, 0.1) is 23.0 Å². The summed E-state index contributed by atoms with van der Waals surface area (Å²) in [6, 6.07) is 2.31. The molecule has 2 aliphatic rings. The van der Waals surface area contributed by atoms with Crippen LogP contribution < -0.4 is 10.6 Å². The highest BCUT2D eigenvalue weighted by atomic mass is 19.4. The lowest BCUT2D eigenvalue weighted by Crippen LogP contribution is -2.51. The molecule has 2 fully saturated rings. The topological polar surface area (TPSA) is 92.2 Å². The van der Waals surface area contributed by atoms with E-state index in [2.05, 4.69) is 20.7 Å². The molecule has 2 N–H and O–H groups in total. The summed E-state index contributed by atoms with van der Waals surface area (Å²) in [5.41, 5.74) is -0.0361. The number of hydrogen-bond donors (Lipinski definition) is 2. The van der Waals surface area contributed by atoms with Gasteiger partial charge in [0.25, 0.3) is 5.91 Å². The van der Waals surface area contributed by atoms with Gasteiger partial charge in [-0.3, -0.25) is 4.79 Å². The van der Waals surface area contributed by atoms with E-state index < -0.39 is 11.7 Å². The number of alkyl halides is 3. The van der Waals surface area contributed by atoms with Gasteiger partial charge in [0.1, 0.15) is 0 Å². The summed E-state index contributed by atoms with van der Waals surface area (Å²) < 4.78 is 39.6. The van der Waals surface area contributed by atoms with Crippen molar-refractivity contribution in [3.63, 3.8) is 0 Å². The number of carbonyl (C=O) groups excluding carboxylic acids is 2. The maximum Gasteiger partial charge on any atom is 0.417 e. The van der Waals surface area contributed by atoms with Crippen LogP contribution in [0.3, 0.4) is 0 Å². The van der Waals surface area contributed by atoms with Gasteiger partial charge in [0.2, 0.25) is 0 Å². The van der Waals surface area contributed by atoms with Crippen LogP contribution in [0.4, 0.5) is 18.0 Å². The Bertz CT molecular complexity index is 1010. The first-order valence-electron chi connectivity index (χ1n) is 11.7. The molecule has 0 unspecified atom stereocenters. The summed E-state index contributed by atoms with van der Waals surface area (Å²) in [5.74, 6) is -0.109. The number of halogens is 3. The minimum absolute atomic E-state index is 0.0298. The van der Waals surface area contributed by atoms with Gasteiger partial charge >= 0.3 is 12.2 Å². The zero-order chi connectivity index (χ0) is 24.3. The first-order chi connectivity index (χ1) is 16.2. The third kappa shape index (κ3) is 5.51. The Balaban J connectivity index is 1.31. The molecule has 0 spiro atoms. The molecule has 2 aromatic rings. The Morgan fingerprint density at radius 1 is 0.971 bits per heavy atom. The number of rotatable bonds is 4. The van der Waals surface area contributed by atoms with E-state index in [1.165, 1.54) is 23.4 Å². The number of likely N-dealkylation sites (tertiary alicyclic amines) is 1. The Morgan fingerprint density at radius 3 is 2.26 bits per heavy atom. The highest BCUT2D eigenvalue weighted by Crippen LogP contribution is 2.29. The SMILES string of the molecule is Cc1c(C(=O)NC2CCN(C(=O)NC3CCCCC3)CC2)cnn1-c1ccc(C(F)(F)F)cn1. The average Bonchev–Trinajstić information content (AvgIpc) is 3.21. The largest absolute Gasteiger partial charge is 0.417 e. The number of nitrogens with one attached hydrogen (secondary N) is 2. The number of urea groups is 1. The minimum Gasteiger partial charge on any atom is -0.349 e. The van der Waals surface area contributed by atoms with Crippen molar-refractivity contribution >= 4 is 11.9 Å². The average molecular weight is 479 g/mol. The van der Waals surface area contributed by atoms with E-state index in [4.69, 9.17) is 0 Å².